The molecule has 1 aromatic heterocycles. The Morgan fingerprint density at radius 1 is 1.57 bits per heavy atom. The Bertz CT molecular complexity index is 525. The van der Waals surface area contributed by atoms with Crippen LogP contribution in [-0.2, 0) is 9.47 Å². The van der Waals surface area contributed by atoms with Crippen molar-refractivity contribution in [1.29, 1.82) is 0 Å². The third-order valence-corrected chi connectivity index (χ3v) is 4.26. The van der Waals surface area contributed by atoms with E-state index in [1.54, 1.807) is 0 Å². The fourth-order valence-electron chi connectivity index (χ4n) is 3.27. The number of carbonyl (C=O) groups excluding carboxylic acids is 1. The molecule has 0 bridgehead atoms. The Labute approximate surface area is 122 Å². The van der Waals surface area contributed by atoms with E-state index in [2.05, 4.69) is 14.9 Å². The van der Waals surface area contributed by atoms with Crippen LogP contribution in [-0.4, -0.2) is 60.1 Å². The first-order chi connectivity index (χ1) is 10.2. The van der Waals surface area contributed by atoms with Crippen LogP contribution in [0, 0.1) is 5.92 Å². The monoisotopic (exact) mass is 293 g/mol. The lowest BCUT2D eigenvalue weighted by molar-refractivity contribution is 0.0225. The second-order valence-corrected chi connectivity index (χ2v) is 5.44. The number of carbonyl (C=O) groups is 1. The summed E-state index contributed by atoms with van der Waals surface area (Å²) in [6, 6.07) is 0.134. The van der Waals surface area contributed by atoms with Crippen molar-refractivity contribution >= 4 is 11.8 Å². The van der Waals surface area contributed by atoms with Gasteiger partial charge in [0.2, 0.25) is 0 Å². The van der Waals surface area contributed by atoms with E-state index in [1.807, 2.05) is 0 Å². The smallest absolute Gasteiger partial charge is 0.343 e. The fourth-order valence-corrected chi connectivity index (χ4v) is 3.27. The van der Waals surface area contributed by atoms with Gasteiger partial charge >= 0.3 is 5.97 Å². The number of nitrogens with zero attached hydrogens (tertiary/aromatic N) is 3. The summed E-state index contributed by atoms with van der Waals surface area (Å²) >= 11 is 0. The van der Waals surface area contributed by atoms with Crippen LogP contribution in [0.2, 0.25) is 0 Å². The van der Waals surface area contributed by atoms with Crippen LogP contribution in [0.25, 0.3) is 0 Å². The molecule has 1 saturated heterocycles. The van der Waals surface area contributed by atoms with Gasteiger partial charge in [0.05, 0.1) is 25.9 Å². The van der Waals surface area contributed by atoms with Crippen molar-refractivity contribution in [3.05, 3.63) is 18.1 Å². The summed E-state index contributed by atoms with van der Waals surface area (Å²) < 4.78 is 10.6. The van der Waals surface area contributed by atoms with Crippen LogP contribution < -0.4 is 4.90 Å². The van der Waals surface area contributed by atoms with E-state index in [1.165, 1.54) is 19.6 Å². The molecule has 0 radical (unpaired) electrons. The van der Waals surface area contributed by atoms with Crippen LogP contribution in [0.4, 0.5) is 5.82 Å². The lowest BCUT2D eigenvalue weighted by atomic mass is 10.1. The number of aliphatic hydroxyl groups excluding tert-OH is 1. The zero-order valence-corrected chi connectivity index (χ0v) is 11.9. The van der Waals surface area contributed by atoms with Crippen molar-refractivity contribution in [3.63, 3.8) is 0 Å². The molecule has 1 aliphatic heterocycles. The minimum absolute atomic E-state index is 0.0800. The van der Waals surface area contributed by atoms with E-state index in [-0.39, 0.29) is 24.7 Å². The van der Waals surface area contributed by atoms with Gasteiger partial charge in [-0.1, -0.05) is 0 Å². The molecule has 1 aliphatic carbocycles. The molecule has 114 valence electrons. The molecular formula is C14H19N3O4. The van der Waals surface area contributed by atoms with Gasteiger partial charge in [-0.15, -0.1) is 0 Å². The third-order valence-electron chi connectivity index (χ3n) is 4.26. The second-order valence-electron chi connectivity index (χ2n) is 5.44. The van der Waals surface area contributed by atoms with Crippen molar-refractivity contribution in [2.45, 2.75) is 25.0 Å². The van der Waals surface area contributed by atoms with Gasteiger partial charge in [0.15, 0.2) is 0 Å². The molecule has 2 aliphatic rings. The normalized spacial score (nSPS) is 28.3. The van der Waals surface area contributed by atoms with Gasteiger partial charge in [0, 0.05) is 19.3 Å². The van der Waals surface area contributed by atoms with Crippen molar-refractivity contribution in [2.24, 2.45) is 5.92 Å². The Morgan fingerprint density at radius 3 is 3.19 bits per heavy atom. The average Bonchev–Trinajstić information content (AvgIpc) is 2.97. The fraction of sp³-hybridized carbons (Fsp3) is 0.643. The zero-order valence-electron chi connectivity index (χ0n) is 11.9. The van der Waals surface area contributed by atoms with E-state index in [0.29, 0.717) is 24.5 Å². The van der Waals surface area contributed by atoms with Crippen molar-refractivity contribution in [2.75, 3.05) is 31.8 Å². The maximum Gasteiger partial charge on any atom is 0.343 e. The van der Waals surface area contributed by atoms with E-state index in [4.69, 9.17) is 9.47 Å². The predicted molar refractivity (Wildman–Crippen MR) is 74.1 cm³/mol. The zero-order chi connectivity index (χ0) is 14.8. The highest BCUT2D eigenvalue weighted by molar-refractivity contribution is 5.94. The number of ether oxygens (including phenoxy) is 2. The maximum atomic E-state index is 11.9. The molecule has 3 atom stereocenters. The van der Waals surface area contributed by atoms with E-state index < -0.39 is 5.97 Å². The highest BCUT2D eigenvalue weighted by atomic mass is 16.5. The molecule has 3 rings (SSSR count). The van der Waals surface area contributed by atoms with E-state index >= 15 is 0 Å². The third kappa shape index (κ3) is 2.58. The Morgan fingerprint density at radius 2 is 2.43 bits per heavy atom. The molecule has 0 spiro atoms. The number of hydrogen-bond acceptors (Lipinski definition) is 7. The molecule has 1 aromatic rings. The van der Waals surface area contributed by atoms with Gasteiger partial charge in [0.1, 0.15) is 17.7 Å². The molecule has 0 amide bonds. The van der Waals surface area contributed by atoms with Crippen molar-refractivity contribution in [3.8, 4) is 0 Å². The lowest BCUT2D eigenvalue weighted by Gasteiger charge is -2.38. The molecule has 2 fully saturated rings. The molecule has 2 heterocycles. The number of aromatic nitrogens is 2. The maximum absolute atomic E-state index is 11.9. The minimum atomic E-state index is -0.439. The highest BCUT2D eigenvalue weighted by Gasteiger charge is 2.42. The topological polar surface area (TPSA) is 84.8 Å². The lowest BCUT2D eigenvalue weighted by Crippen LogP contribution is -2.49. The van der Waals surface area contributed by atoms with Crippen LogP contribution >= 0.6 is 0 Å². The quantitative estimate of drug-likeness (QED) is 0.799. The minimum Gasteiger partial charge on any atom is -0.465 e. The highest BCUT2D eigenvalue weighted by Crippen LogP contribution is 2.36. The SMILES string of the molecule is COC(=O)c1cncnc1N1CCOC2C[C@H](CO)C[C@@H]21. The van der Waals surface area contributed by atoms with Crippen LogP contribution in [0.15, 0.2) is 12.5 Å². The van der Waals surface area contributed by atoms with Gasteiger partial charge in [-0.05, 0) is 18.8 Å². The number of hydrogen-bond donors (Lipinski definition) is 1. The summed E-state index contributed by atoms with van der Waals surface area (Å²) in [4.78, 5) is 22.2. The molecule has 1 unspecified atom stereocenters. The number of anilines is 1. The number of morpholine rings is 1. The number of esters is 1. The molecule has 1 saturated carbocycles. The largest absolute Gasteiger partial charge is 0.465 e. The van der Waals surface area contributed by atoms with Crippen molar-refractivity contribution in [1.82, 2.24) is 9.97 Å². The van der Waals surface area contributed by atoms with Crippen LogP contribution in [0.3, 0.4) is 0 Å². The number of fused-ring (bicyclic) bond motifs is 1. The molecular weight excluding hydrogens is 274 g/mol. The van der Waals surface area contributed by atoms with Crippen LogP contribution in [0.1, 0.15) is 23.2 Å². The summed E-state index contributed by atoms with van der Waals surface area (Å²) in [5.41, 5.74) is 0.369. The Balaban J connectivity index is 1.91. The first kappa shape index (κ1) is 14.2. The van der Waals surface area contributed by atoms with E-state index in [9.17, 15) is 9.90 Å². The molecule has 7 nitrogen and oxygen atoms in total. The van der Waals surface area contributed by atoms with Gasteiger partial charge < -0.3 is 19.5 Å². The first-order valence-corrected chi connectivity index (χ1v) is 7.12. The molecule has 21 heavy (non-hydrogen) atoms. The van der Waals surface area contributed by atoms with Crippen LogP contribution in [0.5, 0.6) is 0 Å². The van der Waals surface area contributed by atoms with Crippen molar-refractivity contribution < 1.29 is 19.4 Å². The van der Waals surface area contributed by atoms with Gasteiger partial charge in [-0.25, -0.2) is 14.8 Å². The Hall–Kier alpha value is -1.73. The Kier molecular flexibility index (Phi) is 4.03. The summed E-state index contributed by atoms with van der Waals surface area (Å²) in [5.74, 6) is 0.392. The first-order valence-electron chi connectivity index (χ1n) is 7.12. The van der Waals surface area contributed by atoms with Gasteiger partial charge in [-0.2, -0.15) is 0 Å². The summed E-state index contributed by atoms with van der Waals surface area (Å²) in [7, 11) is 1.35. The summed E-state index contributed by atoms with van der Waals surface area (Å²) in [6.07, 6.45) is 4.68. The predicted octanol–water partition coefficient (Wildman–Crippen LogP) is 0.239. The van der Waals surface area contributed by atoms with Gasteiger partial charge in [0.25, 0.3) is 0 Å². The van der Waals surface area contributed by atoms with Gasteiger partial charge in [-0.3, -0.25) is 0 Å². The average molecular weight is 293 g/mol. The number of aliphatic hydroxyl groups is 1. The second kappa shape index (κ2) is 5.95. The summed E-state index contributed by atoms with van der Waals surface area (Å²) in [6.45, 7) is 1.42. The molecule has 1 N–H and O–H groups in total. The molecule has 0 aromatic carbocycles. The summed E-state index contributed by atoms with van der Waals surface area (Å²) in [5, 5.41) is 9.38. The molecule has 7 heteroatoms. The van der Waals surface area contributed by atoms with E-state index in [0.717, 1.165) is 12.8 Å². The number of methoxy groups -OCH3 is 1. The number of rotatable bonds is 3. The standard InChI is InChI=1S/C14H19N3O4/c1-20-14(19)10-6-15-8-16-13(10)17-2-3-21-12-5-9(7-18)4-11(12)17/h6,8-9,11-12,18H,2-5,7H2,1H3/t9-,11+,12?/m1/s1.